The van der Waals surface area contributed by atoms with Crippen LogP contribution in [0.3, 0.4) is 0 Å². The Hall–Kier alpha value is -3.01. The molecule has 0 saturated carbocycles. The van der Waals surface area contributed by atoms with Crippen molar-refractivity contribution in [1.29, 1.82) is 0 Å². The van der Waals surface area contributed by atoms with Gasteiger partial charge in [0.05, 0.1) is 24.2 Å². The smallest absolute Gasteiger partial charge is 0.213 e. The number of methoxy groups -OCH3 is 1. The predicted octanol–water partition coefficient (Wildman–Crippen LogP) is 2.84. The second-order valence-electron chi connectivity index (χ2n) is 8.68. The quantitative estimate of drug-likeness (QED) is 0.547. The zero-order valence-electron chi connectivity index (χ0n) is 19.2. The summed E-state index contributed by atoms with van der Waals surface area (Å²) in [7, 11) is 1.57. The summed E-state index contributed by atoms with van der Waals surface area (Å²) in [4.78, 5) is 11.1. The van der Waals surface area contributed by atoms with Gasteiger partial charge in [-0.25, -0.2) is 9.37 Å². The third kappa shape index (κ3) is 4.91. The van der Waals surface area contributed by atoms with E-state index in [0.717, 1.165) is 37.0 Å². The molecule has 1 fully saturated rings. The molecular formula is C25H29FN4O4. The number of pyridine rings is 2. The van der Waals surface area contributed by atoms with Crippen molar-refractivity contribution in [2.24, 2.45) is 0 Å². The standard InChI is InChI=1S/C25H29FN4O4/c1-32-24-3-2-20-25(29-24)18(4-7-27-20)21(31)15-30-8-5-17(6-9-30)28-14-16-12-22-23(13-19(16)26)34-11-10-33-22/h2-4,7,12-13,17,21,28,31H,5-6,8-11,14-15H2,1H3/t21-/m0/s1. The maximum atomic E-state index is 14.4. The van der Waals surface area contributed by atoms with E-state index in [-0.39, 0.29) is 11.9 Å². The van der Waals surface area contributed by atoms with Crippen LogP contribution in [0, 0.1) is 5.82 Å². The number of benzene rings is 1. The van der Waals surface area contributed by atoms with Crippen LogP contribution in [0.1, 0.15) is 30.1 Å². The van der Waals surface area contributed by atoms with E-state index >= 15 is 0 Å². The number of piperidine rings is 1. The fraction of sp³-hybridized carbons (Fsp3) is 0.440. The van der Waals surface area contributed by atoms with Crippen molar-refractivity contribution in [1.82, 2.24) is 20.2 Å². The highest BCUT2D eigenvalue weighted by molar-refractivity contribution is 5.78. The SMILES string of the molecule is COc1ccc2nccc([C@@H](O)CN3CCC(NCc4cc5c(cc4F)OCCO5)CC3)c2n1. The van der Waals surface area contributed by atoms with Crippen LogP contribution >= 0.6 is 0 Å². The molecule has 1 aromatic carbocycles. The molecule has 4 heterocycles. The van der Waals surface area contributed by atoms with Gasteiger partial charge < -0.3 is 29.5 Å². The second kappa shape index (κ2) is 10.1. The minimum Gasteiger partial charge on any atom is -0.486 e. The lowest BCUT2D eigenvalue weighted by Gasteiger charge is -2.33. The van der Waals surface area contributed by atoms with Crippen LogP contribution in [0.2, 0.25) is 0 Å². The Bertz CT molecular complexity index is 1150. The number of nitrogens with one attached hydrogen (secondary N) is 1. The molecule has 9 heteroatoms. The van der Waals surface area contributed by atoms with Crippen molar-refractivity contribution in [3.63, 3.8) is 0 Å². The number of ether oxygens (including phenoxy) is 3. The highest BCUT2D eigenvalue weighted by Gasteiger charge is 2.23. The molecule has 0 amide bonds. The van der Waals surface area contributed by atoms with Crippen molar-refractivity contribution >= 4 is 11.0 Å². The molecule has 0 radical (unpaired) electrons. The van der Waals surface area contributed by atoms with Gasteiger partial charge >= 0.3 is 0 Å². The number of aliphatic hydroxyl groups is 1. The van der Waals surface area contributed by atoms with Crippen LogP contribution in [0.15, 0.2) is 36.5 Å². The molecule has 3 aromatic rings. The first-order valence-electron chi connectivity index (χ1n) is 11.6. The summed E-state index contributed by atoms with van der Waals surface area (Å²) in [6, 6.07) is 8.84. The van der Waals surface area contributed by atoms with Crippen molar-refractivity contribution in [3.05, 3.63) is 53.5 Å². The molecule has 1 saturated heterocycles. The maximum Gasteiger partial charge on any atom is 0.213 e. The molecule has 2 aliphatic heterocycles. The van der Waals surface area contributed by atoms with Gasteiger partial charge in [-0.2, -0.15) is 0 Å². The van der Waals surface area contributed by atoms with E-state index < -0.39 is 6.10 Å². The van der Waals surface area contributed by atoms with Crippen LogP contribution in [0.5, 0.6) is 17.4 Å². The molecule has 2 aliphatic rings. The van der Waals surface area contributed by atoms with Crippen molar-refractivity contribution in [2.45, 2.75) is 31.5 Å². The van der Waals surface area contributed by atoms with Gasteiger partial charge in [-0.05, 0) is 44.1 Å². The van der Waals surface area contributed by atoms with Gasteiger partial charge in [-0.3, -0.25) is 4.98 Å². The predicted molar refractivity (Wildman–Crippen MR) is 125 cm³/mol. The number of hydrogen-bond acceptors (Lipinski definition) is 8. The van der Waals surface area contributed by atoms with Gasteiger partial charge in [0, 0.05) is 48.6 Å². The van der Waals surface area contributed by atoms with Crippen LogP contribution in [0.25, 0.3) is 11.0 Å². The van der Waals surface area contributed by atoms with Gasteiger partial charge in [0.15, 0.2) is 11.5 Å². The Kier molecular flexibility index (Phi) is 6.75. The summed E-state index contributed by atoms with van der Waals surface area (Å²) in [6.07, 6.45) is 2.85. The molecule has 0 unspecified atom stereocenters. The van der Waals surface area contributed by atoms with Gasteiger partial charge in [0.2, 0.25) is 5.88 Å². The average molecular weight is 469 g/mol. The summed E-state index contributed by atoms with van der Waals surface area (Å²) in [5.74, 6) is 1.28. The molecular weight excluding hydrogens is 439 g/mol. The Labute approximate surface area is 197 Å². The molecule has 0 aliphatic carbocycles. The number of halogens is 1. The highest BCUT2D eigenvalue weighted by Crippen LogP contribution is 2.33. The third-order valence-corrected chi connectivity index (χ3v) is 6.47. The molecule has 5 rings (SSSR count). The van der Waals surface area contributed by atoms with E-state index in [0.29, 0.717) is 54.8 Å². The lowest BCUT2D eigenvalue weighted by molar-refractivity contribution is 0.0947. The van der Waals surface area contributed by atoms with Crippen LogP contribution < -0.4 is 19.5 Å². The fourth-order valence-corrected chi connectivity index (χ4v) is 4.57. The Balaban J connectivity index is 1.15. The number of rotatable bonds is 7. The zero-order valence-corrected chi connectivity index (χ0v) is 19.2. The first kappa shape index (κ1) is 22.8. The average Bonchev–Trinajstić information content (AvgIpc) is 2.87. The van der Waals surface area contributed by atoms with Crippen molar-refractivity contribution in [2.75, 3.05) is 40.0 Å². The Morgan fingerprint density at radius 3 is 2.71 bits per heavy atom. The van der Waals surface area contributed by atoms with Crippen LogP contribution in [-0.4, -0.2) is 66.0 Å². The summed E-state index contributed by atoms with van der Waals surface area (Å²) in [6.45, 7) is 3.57. The van der Waals surface area contributed by atoms with Gasteiger partial charge in [0.1, 0.15) is 19.0 Å². The molecule has 180 valence electrons. The largest absolute Gasteiger partial charge is 0.486 e. The molecule has 2 aromatic heterocycles. The van der Waals surface area contributed by atoms with Crippen molar-refractivity contribution in [3.8, 4) is 17.4 Å². The topological polar surface area (TPSA) is 89.0 Å². The normalized spacial score (nSPS) is 17.6. The first-order chi connectivity index (χ1) is 16.6. The van der Waals surface area contributed by atoms with E-state index in [4.69, 9.17) is 14.2 Å². The van der Waals surface area contributed by atoms with E-state index in [1.807, 2.05) is 12.1 Å². The number of β-amino-alcohol motifs (C(OH)–C–C–N with tert-alkyl or cyclic N) is 1. The second-order valence-corrected chi connectivity index (χ2v) is 8.68. The Morgan fingerprint density at radius 2 is 1.94 bits per heavy atom. The summed E-state index contributed by atoms with van der Waals surface area (Å²) in [5, 5.41) is 14.4. The van der Waals surface area contributed by atoms with Gasteiger partial charge in [-0.15, -0.1) is 0 Å². The van der Waals surface area contributed by atoms with Crippen LogP contribution in [0.4, 0.5) is 4.39 Å². The lowest BCUT2D eigenvalue weighted by atomic mass is 10.0. The van der Waals surface area contributed by atoms with E-state index in [2.05, 4.69) is 20.2 Å². The lowest BCUT2D eigenvalue weighted by Crippen LogP contribution is -2.43. The number of likely N-dealkylation sites (tertiary alicyclic amines) is 1. The minimum atomic E-state index is -0.679. The Morgan fingerprint density at radius 1 is 1.18 bits per heavy atom. The molecule has 2 N–H and O–H groups in total. The number of nitrogens with zero attached hydrogens (tertiary/aromatic N) is 3. The minimum absolute atomic E-state index is 0.285. The van der Waals surface area contributed by atoms with Gasteiger partial charge in [-0.1, -0.05) is 0 Å². The highest BCUT2D eigenvalue weighted by atomic mass is 19.1. The molecule has 0 bridgehead atoms. The first-order valence-corrected chi connectivity index (χ1v) is 11.6. The third-order valence-electron chi connectivity index (χ3n) is 6.47. The number of aromatic nitrogens is 2. The molecule has 8 nitrogen and oxygen atoms in total. The summed E-state index contributed by atoms with van der Waals surface area (Å²) in [5.41, 5.74) is 2.71. The van der Waals surface area contributed by atoms with E-state index in [1.165, 1.54) is 6.07 Å². The van der Waals surface area contributed by atoms with Crippen LogP contribution in [-0.2, 0) is 6.54 Å². The van der Waals surface area contributed by atoms with Crippen molar-refractivity contribution < 1.29 is 23.7 Å². The molecule has 1 atom stereocenters. The number of fused-ring (bicyclic) bond motifs is 2. The number of hydrogen-bond donors (Lipinski definition) is 2. The van der Waals surface area contributed by atoms with E-state index in [1.54, 1.807) is 25.4 Å². The van der Waals surface area contributed by atoms with Gasteiger partial charge in [0.25, 0.3) is 0 Å². The molecule has 0 spiro atoms. The summed E-state index contributed by atoms with van der Waals surface area (Å²) < 4.78 is 30.7. The maximum absolute atomic E-state index is 14.4. The monoisotopic (exact) mass is 468 g/mol. The summed E-state index contributed by atoms with van der Waals surface area (Å²) >= 11 is 0. The zero-order chi connectivity index (χ0) is 23.5. The molecule has 34 heavy (non-hydrogen) atoms. The van der Waals surface area contributed by atoms with E-state index in [9.17, 15) is 9.50 Å². The fourth-order valence-electron chi connectivity index (χ4n) is 4.57. The number of aliphatic hydroxyl groups excluding tert-OH is 1.